The number of amides is 1. The van der Waals surface area contributed by atoms with Crippen LogP contribution < -0.4 is 15.4 Å². The Hall–Kier alpha value is -3.74. The summed E-state index contributed by atoms with van der Waals surface area (Å²) in [6.45, 7) is 1.51. The lowest BCUT2D eigenvalue weighted by Crippen LogP contribution is -2.14. The first-order valence-electron chi connectivity index (χ1n) is 8.21. The van der Waals surface area contributed by atoms with Crippen LogP contribution in [0.1, 0.15) is 27.8 Å². The average molecular weight is 362 g/mol. The van der Waals surface area contributed by atoms with Crippen LogP contribution in [0.2, 0.25) is 0 Å². The zero-order chi connectivity index (χ0) is 19.2. The molecule has 136 valence electrons. The second kappa shape index (κ2) is 8.09. The lowest BCUT2D eigenvalue weighted by Gasteiger charge is -2.08. The Labute approximate surface area is 156 Å². The molecule has 3 rings (SSSR count). The molecule has 0 aliphatic heterocycles. The van der Waals surface area contributed by atoms with Gasteiger partial charge in [0.05, 0.1) is 7.11 Å². The number of carbonyl (C=O) groups excluding carboxylic acids is 2. The summed E-state index contributed by atoms with van der Waals surface area (Å²) < 4.78 is 5.09. The van der Waals surface area contributed by atoms with Gasteiger partial charge in [0.1, 0.15) is 11.4 Å². The molecule has 0 radical (unpaired) electrons. The van der Waals surface area contributed by atoms with Crippen LogP contribution in [0, 0.1) is 0 Å². The molecule has 0 bridgehead atoms. The molecule has 7 heteroatoms. The van der Waals surface area contributed by atoms with Gasteiger partial charge in [-0.05, 0) is 61.5 Å². The number of carbonyl (C=O) groups is 2. The summed E-state index contributed by atoms with van der Waals surface area (Å²) >= 11 is 0. The molecule has 1 heterocycles. The molecule has 1 amide bonds. The van der Waals surface area contributed by atoms with Gasteiger partial charge in [0.15, 0.2) is 5.78 Å². The highest BCUT2D eigenvalue weighted by Crippen LogP contribution is 2.17. The first-order valence-corrected chi connectivity index (χ1v) is 8.21. The summed E-state index contributed by atoms with van der Waals surface area (Å²) in [4.78, 5) is 32.1. The van der Waals surface area contributed by atoms with Crippen LogP contribution >= 0.6 is 0 Å². The molecule has 2 aromatic carbocycles. The highest BCUT2D eigenvalue weighted by atomic mass is 16.5. The summed E-state index contributed by atoms with van der Waals surface area (Å²) in [6, 6.07) is 15.5. The van der Waals surface area contributed by atoms with E-state index in [1.54, 1.807) is 55.6 Å². The minimum absolute atomic E-state index is 0.00463. The summed E-state index contributed by atoms with van der Waals surface area (Å²) in [5.41, 5.74) is 2.19. The Morgan fingerprint density at radius 3 is 2.22 bits per heavy atom. The fraction of sp³-hybridized carbons (Fsp3) is 0.100. The van der Waals surface area contributed by atoms with Crippen molar-refractivity contribution in [2.24, 2.45) is 0 Å². The number of anilines is 3. The quantitative estimate of drug-likeness (QED) is 0.650. The van der Waals surface area contributed by atoms with Crippen LogP contribution in [0.5, 0.6) is 5.75 Å². The fourth-order valence-electron chi connectivity index (χ4n) is 2.33. The van der Waals surface area contributed by atoms with Crippen LogP contribution in [0.4, 0.5) is 17.3 Å². The zero-order valence-corrected chi connectivity index (χ0v) is 14.9. The van der Waals surface area contributed by atoms with Gasteiger partial charge < -0.3 is 15.4 Å². The highest BCUT2D eigenvalue weighted by molar-refractivity contribution is 6.03. The van der Waals surface area contributed by atoms with Gasteiger partial charge >= 0.3 is 0 Å². The van der Waals surface area contributed by atoms with Crippen LogP contribution in [-0.4, -0.2) is 28.8 Å². The van der Waals surface area contributed by atoms with Gasteiger partial charge in [0.2, 0.25) is 5.95 Å². The van der Waals surface area contributed by atoms with E-state index in [2.05, 4.69) is 20.6 Å². The van der Waals surface area contributed by atoms with E-state index in [9.17, 15) is 9.59 Å². The number of benzene rings is 2. The minimum Gasteiger partial charge on any atom is -0.497 e. The van der Waals surface area contributed by atoms with Gasteiger partial charge in [-0.2, -0.15) is 0 Å². The Bertz CT molecular complexity index is 954. The van der Waals surface area contributed by atoms with Crippen LogP contribution in [-0.2, 0) is 0 Å². The largest absolute Gasteiger partial charge is 0.497 e. The lowest BCUT2D eigenvalue weighted by atomic mass is 10.1. The number of Topliss-reactive ketones (excluding diaryl/α,β-unsaturated/α-hetero) is 1. The van der Waals surface area contributed by atoms with E-state index in [4.69, 9.17) is 4.74 Å². The molecule has 0 spiro atoms. The van der Waals surface area contributed by atoms with Crippen molar-refractivity contribution in [3.05, 3.63) is 72.1 Å². The molecular formula is C20H18N4O3. The van der Waals surface area contributed by atoms with Crippen molar-refractivity contribution in [2.45, 2.75) is 6.92 Å². The van der Waals surface area contributed by atoms with E-state index in [1.807, 2.05) is 0 Å². The molecule has 1 aromatic heterocycles. The van der Waals surface area contributed by atoms with Crippen molar-refractivity contribution < 1.29 is 14.3 Å². The number of aromatic nitrogens is 2. The van der Waals surface area contributed by atoms with Crippen molar-refractivity contribution in [1.82, 2.24) is 9.97 Å². The van der Waals surface area contributed by atoms with Crippen LogP contribution in [0.25, 0.3) is 0 Å². The molecule has 0 aliphatic carbocycles. The predicted octanol–water partition coefficient (Wildman–Crippen LogP) is 3.68. The van der Waals surface area contributed by atoms with Crippen molar-refractivity contribution >= 4 is 29.0 Å². The van der Waals surface area contributed by atoms with Crippen molar-refractivity contribution in [1.29, 1.82) is 0 Å². The van der Waals surface area contributed by atoms with Gasteiger partial charge in [-0.1, -0.05) is 0 Å². The van der Waals surface area contributed by atoms with E-state index in [0.29, 0.717) is 22.7 Å². The molecular weight excluding hydrogens is 344 g/mol. The summed E-state index contributed by atoms with van der Waals surface area (Å²) in [5, 5.41) is 5.78. The molecule has 3 aromatic rings. The minimum atomic E-state index is -0.349. The average Bonchev–Trinajstić information content (AvgIpc) is 2.69. The zero-order valence-electron chi connectivity index (χ0n) is 14.9. The molecule has 7 nitrogen and oxygen atoms in total. The maximum Gasteiger partial charge on any atom is 0.274 e. The first kappa shape index (κ1) is 18.1. The molecule has 0 unspecified atom stereocenters. The number of ketones is 1. The number of hydrogen-bond donors (Lipinski definition) is 2. The number of nitrogens with one attached hydrogen (secondary N) is 2. The SMILES string of the molecule is COc1ccc(NC(=O)c2ccnc(Nc3ccc(C(C)=O)cc3)n2)cc1. The third-order valence-electron chi connectivity index (χ3n) is 3.78. The smallest absolute Gasteiger partial charge is 0.274 e. The topological polar surface area (TPSA) is 93.2 Å². The van der Waals surface area contributed by atoms with E-state index >= 15 is 0 Å². The first-order chi connectivity index (χ1) is 13.0. The number of methoxy groups -OCH3 is 1. The van der Waals surface area contributed by atoms with E-state index < -0.39 is 0 Å². The van der Waals surface area contributed by atoms with Crippen molar-refractivity contribution in [3.8, 4) is 5.75 Å². The third kappa shape index (κ3) is 4.66. The normalized spacial score (nSPS) is 10.1. The van der Waals surface area contributed by atoms with Gasteiger partial charge in [-0.15, -0.1) is 0 Å². The molecule has 2 N–H and O–H groups in total. The van der Waals surface area contributed by atoms with Crippen LogP contribution in [0.15, 0.2) is 60.8 Å². The monoisotopic (exact) mass is 362 g/mol. The molecule has 0 saturated carbocycles. The summed E-state index contributed by atoms with van der Waals surface area (Å²) in [7, 11) is 1.58. The number of rotatable bonds is 6. The molecule has 0 saturated heterocycles. The number of ether oxygens (including phenoxy) is 1. The second-order valence-electron chi connectivity index (χ2n) is 5.71. The van der Waals surface area contributed by atoms with Gasteiger partial charge in [-0.25, -0.2) is 9.97 Å². The molecule has 0 aliphatic rings. The molecule has 27 heavy (non-hydrogen) atoms. The lowest BCUT2D eigenvalue weighted by molar-refractivity contribution is 0.101. The van der Waals surface area contributed by atoms with E-state index in [-0.39, 0.29) is 23.3 Å². The number of nitrogens with zero attached hydrogens (tertiary/aromatic N) is 2. The Kier molecular flexibility index (Phi) is 5.41. The maximum absolute atomic E-state index is 12.4. The number of hydrogen-bond acceptors (Lipinski definition) is 6. The Morgan fingerprint density at radius 1 is 0.926 bits per heavy atom. The van der Waals surface area contributed by atoms with Crippen molar-refractivity contribution in [2.75, 3.05) is 17.7 Å². The fourth-order valence-corrected chi connectivity index (χ4v) is 2.33. The van der Waals surface area contributed by atoms with Gasteiger partial charge in [0, 0.05) is 23.1 Å². The Morgan fingerprint density at radius 2 is 1.59 bits per heavy atom. The highest BCUT2D eigenvalue weighted by Gasteiger charge is 2.10. The summed E-state index contributed by atoms with van der Waals surface area (Å²) in [5.74, 6) is 0.637. The van der Waals surface area contributed by atoms with Gasteiger partial charge in [-0.3, -0.25) is 9.59 Å². The predicted molar refractivity (Wildman–Crippen MR) is 103 cm³/mol. The van der Waals surface area contributed by atoms with Gasteiger partial charge in [0.25, 0.3) is 5.91 Å². The summed E-state index contributed by atoms with van der Waals surface area (Å²) in [6.07, 6.45) is 1.50. The molecule has 0 fully saturated rings. The molecule has 0 atom stereocenters. The van der Waals surface area contributed by atoms with Crippen molar-refractivity contribution in [3.63, 3.8) is 0 Å². The Balaban J connectivity index is 1.70. The van der Waals surface area contributed by atoms with Crippen LogP contribution in [0.3, 0.4) is 0 Å². The van der Waals surface area contributed by atoms with E-state index in [0.717, 1.165) is 0 Å². The third-order valence-corrected chi connectivity index (χ3v) is 3.78. The van der Waals surface area contributed by atoms with E-state index in [1.165, 1.54) is 19.2 Å². The second-order valence-corrected chi connectivity index (χ2v) is 5.71. The standard InChI is InChI=1S/C20H18N4O3/c1-13(25)14-3-5-16(6-4-14)23-20-21-12-11-18(24-20)19(26)22-15-7-9-17(27-2)10-8-15/h3-12H,1-2H3,(H,22,26)(H,21,23,24). The maximum atomic E-state index is 12.4.